The molecule has 2 unspecified atom stereocenters. The largest absolute Gasteiger partial charge is 0.387 e. The van der Waals surface area contributed by atoms with Gasteiger partial charge in [-0.1, -0.05) is 6.08 Å². The summed E-state index contributed by atoms with van der Waals surface area (Å²) in [7, 11) is -8.84. The molecule has 9 heteroatoms. The molecule has 0 aromatic carbocycles. The first-order chi connectivity index (χ1) is 7.27. The van der Waals surface area contributed by atoms with Crippen LogP contribution in [0.4, 0.5) is 0 Å². The molecule has 1 heterocycles. The molecule has 1 aliphatic rings. The maximum Gasteiger partial charge on any atom is 0.366 e. The molecular formula is C7H13NO6P2. The third-order valence-electron chi connectivity index (χ3n) is 2.17. The number of dihydropyridines is 1. The van der Waals surface area contributed by atoms with Crippen LogP contribution in [0.25, 0.3) is 0 Å². The van der Waals surface area contributed by atoms with E-state index in [-0.39, 0.29) is 6.54 Å². The van der Waals surface area contributed by atoms with E-state index in [1.165, 1.54) is 6.08 Å². The van der Waals surface area contributed by atoms with E-state index in [1.54, 1.807) is 12.3 Å². The number of aliphatic hydroxyl groups is 1. The molecule has 0 fully saturated rings. The maximum atomic E-state index is 11.0. The molecule has 92 valence electrons. The van der Waals surface area contributed by atoms with Crippen LogP contribution in [-0.4, -0.2) is 31.4 Å². The molecule has 1 rings (SSSR count). The zero-order valence-electron chi connectivity index (χ0n) is 8.20. The Labute approximate surface area is 92.5 Å². The summed E-state index contributed by atoms with van der Waals surface area (Å²) in [5, 5.41) is 9.49. The fourth-order valence-corrected chi connectivity index (χ4v) is 3.03. The van der Waals surface area contributed by atoms with Gasteiger partial charge in [-0.15, -0.1) is 0 Å². The smallest absolute Gasteiger partial charge is 0.366 e. The van der Waals surface area contributed by atoms with Gasteiger partial charge in [0.2, 0.25) is 13.1 Å². The molecule has 0 aliphatic carbocycles. The molecule has 0 saturated carbocycles. The van der Waals surface area contributed by atoms with Crippen LogP contribution in [0.3, 0.4) is 0 Å². The fraction of sp³-hybridized carbons (Fsp3) is 0.429. The third-order valence-corrected chi connectivity index (χ3v) is 5.60. The lowest BCUT2D eigenvalue weighted by Gasteiger charge is -2.27. The molecular weight excluding hydrogens is 256 g/mol. The predicted molar refractivity (Wildman–Crippen MR) is 58.1 cm³/mol. The highest BCUT2D eigenvalue weighted by molar-refractivity contribution is 7.66. The fourth-order valence-electron chi connectivity index (χ4n) is 1.24. The average Bonchev–Trinajstić information content (AvgIpc) is 2.17. The Morgan fingerprint density at radius 2 is 2.19 bits per heavy atom. The number of hydrogen-bond acceptors (Lipinski definition) is 4. The summed E-state index contributed by atoms with van der Waals surface area (Å²) in [5.41, 5.74) is 0.445. The standard InChI is InChI=1S/C7H13NO6P2/c9-7(15(10)11,16(12,13)14)4-6-2-1-3-8-5-6/h1-3,8-9,15H,4-5H2,(H,10,11)(H2,12,13,14). The number of rotatable bonds is 4. The highest BCUT2D eigenvalue weighted by atomic mass is 31.2. The molecule has 0 saturated heterocycles. The molecule has 16 heavy (non-hydrogen) atoms. The van der Waals surface area contributed by atoms with Crippen molar-refractivity contribution in [2.75, 3.05) is 6.54 Å². The Balaban J connectivity index is 2.97. The molecule has 0 amide bonds. The van der Waals surface area contributed by atoms with Gasteiger partial charge >= 0.3 is 7.60 Å². The van der Waals surface area contributed by atoms with Gasteiger partial charge in [0.15, 0.2) is 0 Å². The van der Waals surface area contributed by atoms with Gasteiger partial charge in [-0.2, -0.15) is 0 Å². The minimum atomic E-state index is -5.06. The van der Waals surface area contributed by atoms with E-state index in [9.17, 15) is 14.2 Å². The minimum Gasteiger partial charge on any atom is -0.387 e. The number of nitrogens with one attached hydrogen (secondary N) is 1. The van der Waals surface area contributed by atoms with Crippen molar-refractivity contribution in [2.24, 2.45) is 0 Å². The Hall–Kier alpha value is -0.420. The monoisotopic (exact) mass is 269 g/mol. The molecule has 0 aromatic rings. The maximum absolute atomic E-state index is 11.0. The third kappa shape index (κ3) is 2.83. The van der Waals surface area contributed by atoms with Gasteiger partial charge in [0, 0.05) is 13.0 Å². The van der Waals surface area contributed by atoms with Crippen molar-refractivity contribution in [1.82, 2.24) is 5.32 Å². The minimum absolute atomic E-state index is 0.272. The van der Waals surface area contributed by atoms with E-state index in [0.717, 1.165) is 0 Å². The van der Waals surface area contributed by atoms with Crippen LogP contribution in [-0.2, 0) is 9.13 Å². The molecule has 5 N–H and O–H groups in total. The summed E-state index contributed by atoms with van der Waals surface area (Å²) < 4.78 is 21.9. The topological polar surface area (TPSA) is 127 Å². The van der Waals surface area contributed by atoms with E-state index in [4.69, 9.17) is 14.7 Å². The van der Waals surface area contributed by atoms with Gasteiger partial charge in [0.05, 0.1) is 0 Å². The first kappa shape index (κ1) is 13.6. The normalized spacial score (nSPS) is 21.9. The summed E-state index contributed by atoms with van der Waals surface area (Å²) in [6, 6.07) is 0. The SMILES string of the molecule is O=[PH](O)C(O)(CC1=CC=CNC1)P(=O)(O)O. The summed E-state index contributed by atoms with van der Waals surface area (Å²) in [5.74, 6) is 0. The van der Waals surface area contributed by atoms with Crippen molar-refractivity contribution in [3.63, 3.8) is 0 Å². The second kappa shape index (κ2) is 4.84. The Morgan fingerprint density at radius 1 is 1.56 bits per heavy atom. The first-order valence-corrected chi connectivity index (χ1v) is 7.33. The van der Waals surface area contributed by atoms with E-state index < -0.39 is 27.1 Å². The number of allylic oxidation sites excluding steroid dienone is 2. The average molecular weight is 269 g/mol. The van der Waals surface area contributed by atoms with E-state index >= 15 is 0 Å². The molecule has 0 aromatic heterocycles. The predicted octanol–water partition coefficient (Wildman–Crippen LogP) is -0.289. The van der Waals surface area contributed by atoms with Gasteiger partial charge in [-0.25, -0.2) is 0 Å². The highest BCUT2D eigenvalue weighted by Crippen LogP contribution is 2.62. The van der Waals surface area contributed by atoms with Gasteiger partial charge in [0.1, 0.15) is 0 Å². The molecule has 0 radical (unpaired) electrons. The Morgan fingerprint density at radius 3 is 2.56 bits per heavy atom. The van der Waals surface area contributed by atoms with Crippen LogP contribution in [0.15, 0.2) is 23.9 Å². The van der Waals surface area contributed by atoms with Gasteiger partial charge in [0.25, 0.3) is 0 Å². The lowest BCUT2D eigenvalue weighted by Crippen LogP contribution is -2.27. The van der Waals surface area contributed by atoms with Crippen molar-refractivity contribution in [2.45, 2.75) is 11.5 Å². The van der Waals surface area contributed by atoms with Gasteiger partial charge < -0.3 is 25.1 Å². The lowest BCUT2D eigenvalue weighted by atomic mass is 10.1. The van der Waals surface area contributed by atoms with Crippen molar-refractivity contribution in [1.29, 1.82) is 0 Å². The number of hydrogen-bond donors (Lipinski definition) is 5. The second-order valence-corrected chi connectivity index (χ2v) is 7.09. The Bertz CT molecular complexity index is 400. The summed E-state index contributed by atoms with van der Waals surface area (Å²) in [6.45, 7) is 0.272. The summed E-state index contributed by atoms with van der Waals surface area (Å²) >= 11 is 0. The van der Waals surface area contributed by atoms with Crippen molar-refractivity contribution < 1.29 is 28.9 Å². The molecule has 1 aliphatic heterocycles. The van der Waals surface area contributed by atoms with Crippen LogP contribution in [0.1, 0.15) is 6.42 Å². The van der Waals surface area contributed by atoms with E-state index in [1.807, 2.05) is 0 Å². The second-order valence-electron chi connectivity index (χ2n) is 3.41. The molecule has 2 atom stereocenters. The quantitative estimate of drug-likeness (QED) is 0.444. The van der Waals surface area contributed by atoms with Crippen LogP contribution >= 0.6 is 15.6 Å². The zero-order valence-corrected chi connectivity index (χ0v) is 10.1. The lowest BCUT2D eigenvalue weighted by molar-refractivity contribution is 0.154. The van der Waals surface area contributed by atoms with E-state index in [2.05, 4.69) is 5.32 Å². The van der Waals surface area contributed by atoms with Crippen LogP contribution < -0.4 is 5.32 Å². The first-order valence-electron chi connectivity index (χ1n) is 4.37. The molecule has 7 nitrogen and oxygen atoms in total. The summed E-state index contributed by atoms with van der Waals surface area (Å²) in [4.78, 5) is 26.7. The Kier molecular flexibility index (Phi) is 4.12. The molecule has 0 bridgehead atoms. The molecule has 0 spiro atoms. The highest BCUT2D eigenvalue weighted by Gasteiger charge is 2.50. The van der Waals surface area contributed by atoms with Gasteiger partial charge in [-0.3, -0.25) is 9.13 Å². The van der Waals surface area contributed by atoms with Gasteiger partial charge in [-0.05, 0) is 17.8 Å². The van der Waals surface area contributed by atoms with Crippen LogP contribution in [0.2, 0.25) is 0 Å². The van der Waals surface area contributed by atoms with Crippen LogP contribution in [0, 0.1) is 0 Å². The summed E-state index contributed by atoms with van der Waals surface area (Å²) in [6.07, 6.45) is 4.18. The van der Waals surface area contributed by atoms with Crippen molar-refractivity contribution >= 4 is 15.6 Å². The zero-order chi connectivity index (χ0) is 12.4. The van der Waals surface area contributed by atoms with E-state index in [0.29, 0.717) is 5.57 Å². The van der Waals surface area contributed by atoms with Crippen molar-refractivity contribution in [3.8, 4) is 0 Å². The van der Waals surface area contributed by atoms with Crippen molar-refractivity contribution in [3.05, 3.63) is 23.9 Å². The van der Waals surface area contributed by atoms with Crippen LogP contribution in [0.5, 0.6) is 0 Å².